The first kappa shape index (κ1) is 16.1. The second-order valence-corrected chi connectivity index (χ2v) is 5.81. The number of benzene rings is 2. The molecular weight excluding hydrogens is 314 g/mol. The molecular formula is C18H16F2N2O2. The van der Waals surface area contributed by atoms with E-state index in [0.29, 0.717) is 11.1 Å². The largest absolute Gasteiger partial charge is 0.355 e. The van der Waals surface area contributed by atoms with Gasteiger partial charge in [0.2, 0.25) is 11.8 Å². The van der Waals surface area contributed by atoms with E-state index in [1.807, 2.05) is 0 Å². The summed E-state index contributed by atoms with van der Waals surface area (Å²) in [7, 11) is 0. The molecule has 2 atom stereocenters. The lowest BCUT2D eigenvalue weighted by atomic mass is 9.87. The minimum absolute atomic E-state index is 0.0243. The highest BCUT2D eigenvalue weighted by Gasteiger charge is 2.41. The number of hydrogen-bond donors (Lipinski definition) is 2. The highest BCUT2D eigenvalue weighted by atomic mass is 19.1. The van der Waals surface area contributed by atoms with Crippen LogP contribution in [0.3, 0.4) is 0 Å². The van der Waals surface area contributed by atoms with Crippen molar-refractivity contribution in [2.24, 2.45) is 5.92 Å². The molecule has 0 bridgehead atoms. The Morgan fingerprint density at radius 2 is 1.92 bits per heavy atom. The zero-order valence-corrected chi connectivity index (χ0v) is 13.0. The van der Waals surface area contributed by atoms with Crippen molar-refractivity contribution in [1.29, 1.82) is 0 Å². The number of para-hydroxylation sites is 1. The topological polar surface area (TPSA) is 58.2 Å². The predicted octanol–water partition coefficient (Wildman–Crippen LogP) is 2.74. The van der Waals surface area contributed by atoms with Crippen LogP contribution < -0.4 is 10.6 Å². The lowest BCUT2D eigenvalue weighted by Gasteiger charge is -2.18. The molecule has 0 aromatic heterocycles. The Bertz CT molecular complexity index is 807. The SMILES string of the molecule is Cc1cc([C@H]2CNC(=O)[C@@H]2C(=O)Nc2ccccc2F)ccc1F. The Balaban J connectivity index is 1.86. The first-order chi connectivity index (χ1) is 11.5. The molecule has 0 saturated carbocycles. The summed E-state index contributed by atoms with van der Waals surface area (Å²) < 4.78 is 27.1. The fourth-order valence-corrected chi connectivity index (χ4v) is 2.90. The third kappa shape index (κ3) is 2.99. The lowest BCUT2D eigenvalue weighted by molar-refractivity contribution is -0.130. The number of carbonyl (C=O) groups is 2. The van der Waals surface area contributed by atoms with Gasteiger partial charge < -0.3 is 10.6 Å². The highest BCUT2D eigenvalue weighted by molar-refractivity contribution is 6.08. The van der Waals surface area contributed by atoms with E-state index in [2.05, 4.69) is 10.6 Å². The van der Waals surface area contributed by atoms with E-state index in [0.717, 1.165) is 0 Å². The van der Waals surface area contributed by atoms with Gasteiger partial charge >= 0.3 is 0 Å². The van der Waals surface area contributed by atoms with Gasteiger partial charge in [-0.2, -0.15) is 0 Å². The fourth-order valence-electron chi connectivity index (χ4n) is 2.90. The predicted molar refractivity (Wildman–Crippen MR) is 85.4 cm³/mol. The summed E-state index contributed by atoms with van der Waals surface area (Å²) in [5.74, 6) is -3.34. The van der Waals surface area contributed by atoms with Crippen molar-refractivity contribution in [1.82, 2.24) is 5.32 Å². The summed E-state index contributed by atoms with van der Waals surface area (Å²) in [4.78, 5) is 24.6. The average Bonchev–Trinajstić information content (AvgIpc) is 2.94. The molecule has 2 amide bonds. The molecule has 1 heterocycles. The maximum absolute atomic E-state index is 13.7. The van der Waals surface area contributed by atoms with Gasteiger partial charge in [0.05, 0.1) is 5.69 Å². The second-order valence-electron chi connectivity index (χ2n) is 5.81. The molecule has 1 saturated heterocycles. The van der Waals surface area contributed by atoms with Gasteiger partial charge in [-0.1, -0.05) is 24.3 Å². The molecule has 24 heavy (non-hydrogen) atoms. The van der Waals surface area contributed by atoms with Crippen LogP contribution in [-0.2, 0) is 9.59 Å². The number of carbonyl (C=O) groups excluding carboxylic acids is 2. The van der Waals surface area contributed by atoms with Gasteiger partial charge in [0.1, 0.15) is 17.6 Å². The van der Waals surface area contributed by atoms with Crippen molar-refractivity contribution in [3.8, 4) is 0 Å². The molecule has 2 aromatic carbocycles. The first-order valence-corrected chi connectivity index (χ1v) is 7.56. The summed E-state index contributed by atoms with van der Waals surface area (Å²) in [6.07, 6.45) is 0. The number of anilines is 1. The standard InChI is InChI=1S/C18H16F2N2O2/c1-10-8-11(6-7-13(10)19)12-9-21-17(23)16(12)18(24)22-15-5-3-2-4-14(15)20/h2-8,12,16H,9H2,1H3,(H,21,23)(H,22,24)/t12-,16-/m1/s1. The van der Waals surface area contributed by atoms with Crippen LogP contribution >= 0.6 is 0 Å². The van der Waals surface area contributed by atoms with Gasteiger partial charge in [0.25, 0.3) is 0 Å². The Hall–Kier alpha value is -2.76. The van der Waals surface area contributed by atoms with Crippen LogP contribution in [0.5, 0.6) is 0 Å². The molecule has 1 aliphatic heterocycles. The number of nitrogens with one attached hydrogen (secondary N) is 2. The van der Waals surface area contributed by atoms with Crippen LogP contribution in [-0.4, -0.2) is 18.4 Å². The van der Waals surface area contributed by atoms with Gasteiger partial charge in [-0.3, -0.25) is 9.59 Å². The van der Waals surface area contributed by atoms with Crippen LogP contribution in [0.15, 0.2) is 42.5 Å². The van der Waals surface area contributed by atoms with Crippen molar-refractivity contribution in [3.63, 3.8) is 0 Å². The quantitative estimate of drug-likeness (QED) is 0.850. The number of aryl methyl sites for hydroxylation is 1. The molecule has 1 fully saturated rings. The second kappa shape index (κ2) is 6.39. The fraction of sp³-hybridized carbons (Fsp3) is 0.222. The molecule has 4 nitrogen and oxygen atoms in total. The molecule has 0 unspecified atom stereocenters. The smallest absolute Gasteiger partial charge is 0.237 e. The van der Waals surface area contributed by atoms with E-state index in [1.54, 1.807) is 25.1 Å². The normalized spacial score (nSPS) is 19.9. The Kier molecular flexibility index (Phi) is 4.29. The maximum Gasteiger partial charge on any atom is 0.237 e. The molecule has 2 aromatic rings. The Morgan fingerprint density at radius 1 is 1.17 bits per heavy atom. The molecule has 124 valence electrons. The summed E-state index contributed by atoms with van der Waals surface area (Å²) in [5, 5.41) is 5.11. The molecule has 0 spiro atoms. The van der Waals surface area contributed by atoms with Crippen molar-refractivity contribution >= 4 is 17.5 Å². The van der Waals surface area contributed by atoms with E-state index in [9.17, 15) is 18.4 Å². The molecule has 0 radical (unpaired) electrons. The van der Waals surface area contributed by atoms with Crippen molar-refractivity contribution in [2.75, 3.05) is 11.9 Å². The highest BCUT2D eigenvalue weighted by Crippen LogP contribution is 2.31. The summed E-state index contributed by atoms with van der Waals surface area (Å²) in [5.41, 5.74) is 1.16. The van der Waals surface area contributed by atoms with Crippen LogP contribution in [0.2, 0.25) is 0 Å². The summed E-state index contributed by atoms with van der Waals surface area (Å²) in [6, 6.07) is 10.3. The Labute approximate surface area is 137 Å². The number of hydrogen-bond acceptors (Lipinski definition) is 2. The van der Waals surface area contributed by atoms with E-state index < -0.39 is 29.5 Å². The zero-order chi connectivity index (χ0) is 17.3. The van der Waals surface area contributed by atoms with Gasteiger partial charge in [0, 0.05) is 12.5 Å². The van der Waals surface area contributed by atoms with E-state index in [1.165, 1.54) is 24.3 Å². The van der Waals surface area contributed by atoms with Crippen LogP contribution in [0.25, 0.3) is 0 Å². The van der Waals surface area contributed by atoms with Gasteiger partial charge in [-0.05, 0) is 36.2 Å². The van der Waals surface area contributed by atoms with E-state index in [4.69, 9.17) is 0 Å². The van der Waals surface area contributed by atoms with Crippen LogP contribution in [0.1, 0.15) is 17.0 Å². The average molecular weight is 330 g/mol. The van der Waals surface area contributed by atoms with E-state index in [-0.39, 0.29) is 18.0 Å². The number of halogens is 2. The number of rotatable bonds is 3. The lowest BCUT2D eigenvalue weighted by Crippen LogP contribution is -2.32. The van der Waals surface area contributed by atoms with Gasteiger partial charge in [0.15, 0.2) is 0 Å². The third-order valence-electron chi connectivity index (χ3n) is 4.21. The first-order valence-electron chi connectivity index (χ1n) is 7.56. The van der Waals surface area contributed by atoms with Gasteiger partial charge in [-0.25, -0.2) is 8.78 Å². The van der Waals surface area contributed by atoms with Crippen molar-refractivity contribution in [3.05, 3.63) is 65.2 Å². The molecule has 6 heteroatoms. The molecule has 3 rings (SSSR count). The minimum Gasteiger partial charge on any atom is -0.355 e. The third-order valence-corrected chi connectivity index (χ3v) is 4.21. The zero-order valence-electron chi connectivity index (χ0n) is 13.0. The maximum atomic E-state index is 13.7. The van der Waals surface area contributed by atoms with Crippen molar-refractivity contribution < 1.29 is 18.4 Å². The molecule has 2 N–H and O–H groups in total. The Morgan fingerprint density at radius 3 is 2.62 bits per heavy atom. The van der Waals surface area contributed by atoms with Gasteiger partial charge in [-0.15, -0.1) is 0 Å². The van der Waals surface area contributed by atoms with Crippen molar-refractivity contribution in [2.45, 2.75) is 12.8 Å². The summed E-state index contributed by atoms with van der Waals surface area (Å²) >= 11 is 0. The molecule has 1 aliphatic rings. The minimum atomic E-state index is -0.991. The molecule has 0 aliphatic carbocycles. The van der Waals surface area contributed by atoms with Crippen LogP contribution in [0.4, 0.5) is 14.5 Å². The van der Waals surface area contributed by atoms with Crippen LogP contribution in [0, 0.1) is 24.5 Å². The number of amides is 2. The monoisotopic (exact) mass is 330 g/mol. The van der Waals surface area contributed by atoms with E-state index >= 15 is 0 Å². The summed E-state index contributed by atoms with van der Waals surface area (Å²) in [6.45, 7) is 1.90.